The molecule has 0 fully saturated rings. The van der Waals surface area contributed by atoms with Crippen LogP contribution >= 0.6 is 12.2 Å². The van der Waals surface area contributed by atoms with Gasteiger partial charge in [-0.05, 0) is 66.8 Å². The van der Waals surface area contributed by atoms with Crippen LogP contribution in [0.1, 0.15) is 10.4 Å². The molecule has 0 aromatic heterocycles. The molecule has 0 spiro atoms. The van der Waals surface area contributed by atoms with Crippen LogP contribution in [0.5, 0.6) is 0 Å². The van der Waals surface area contributed by atoms with Crippen LogP contribution in [-0.4, -0.2) is 11.0 Å². The van der Waals surface area contributed by atoms with E-state index in [0.29, 0.717) is 22.2 Å². The van der Waals surface area contributed by atoms with Crippen LogP contribution in [0.15, 0.2) is 72.8 Å². The molecule has 7 heteroatoms. The Morgan fingerprint density at radius 1 is 0.741 bits per heavy atom. The summed E-state index contributed by atoms with van der Waals surface area (Å²) >= 11 is 5.19. The quantitative estimate of drug-likeness (QED) is 0.554. The lowest BCUT2D eigenvalue weighted by atomic mass is 10.2. The van der Waals surface area contributed by atoms with Crippen LogP contribution in [0, 0.1) is 11.6 Å². The van der Waals surface area contributed by atoms with Gasteiger partial charge in [0.1, 0.15) is 11.6 Å². The van der Waals surface area contributed by atoms with Crippen molar-refractivity contribution in [2.45, 2.75) is 0 Å². The molecule has 3 rings (SSSR count). The zero-order valence-corrected chi connectivity index (χ0v) is 14.8. The average Bonchev–Trinajstić information content (AvgIpc) is 2.63. The maximum absolute atomic E-state index is 13.6. The first-order valence-electron chi connectivity index (χ1n) is 8.01. The number of amides is 1. The third kappa shape index (κ3) is 5.08. The van der Waals surface area contributed by atoms with Gasteiger partial charge in [-0.15, -0.1) is 0 Å². The number of hydrogen-bond donors (Lipinski definition) is 3. The third-order valence-corrected chi connectivity index (χ3v) is 3.81. The van der Waals surface area contributed by atoms with Crippen molar-refractivity contribution in [2.24, 2.45) is 0 Å². The number of anilines is 3. The van der Waals surface area contributed by atoms with Crippen LogP contribution in [0.2, 0.25) is 0 Å². The molecule has 136 valence electrons. The van der Waals surface area contributed by atoms with Crippen molar-refractivity contribution in [1.29, 1.82) is 0 Å². The maximum atomic E-state index is 13.6. The number of rotatable bonds is 4. The van der Waals surface area contributed by atoms with Gasteiger partial charge in [0.2, 0.25) is 0 Å². The van der Waals surface area contributed by atoms with E-state index in [9.17, 15) is 13.6 Å². The summed E-state index contributed by atoms with van der Waals surface area (Å²) in [7, 11) is 0. The van der Waals surface area contributed by atoms with Gasteiger partial charge in [0.05, 0.1) is 5.56 Å². The first kappa shape index (κ1) is 18.5. The van der Waals surface area contributed by atoms with Gasteiger partial charge in [-0.1, -0.05) is 18.2 Å². The number of thiocarbonyl (C=S) groups is 1. The third-order valence-electron chi connectivity index (χ3n) is 3.60. The molecule has 3 N–H and O–H groups in total. The summed E-state index contributed by atoms with van der Waals surface area (Å²) in [4.78, 5) is 12.1. The minimum absolute atomic E-state index is 0.0276. The van der Waals surface area contributed by atoms with Crippen molar-refractivity contribution in [3.05, 3.63) is 90.0 Å². The number of carbonyl (C=O) groups excluding carboxylic acids is 1. The highest BCUT2D eigenvalue weighted by atomic mass is 32.1. The van der Waals surface area contributed by atoms with Gasteiger partial charge in [-0.25, -0.2) is 8.78 Å². The highest BCUT2D eigenvalue weighted by Gasteiger charge is 2.10. The zero-order valence-electron chi connectivity index (χ0n) is 14.0. The summed E-state index contributed by atoms with van der Waals surface area (Å²) in [6, 6.07) is 18.4. The molecule has 3 aromatic rings. The van der Waals surface area contributed by atoms with Gasteiger partial charge < -0.3 is 16.0 Å². The van der Waals surface area contributed by atoms with Crippen molar-refractivity contribution in [3.8, 4) is 0 Å². The molecular weight excluding hydrogens is 368 g/mol. The summed E-state index contributed by atoms with van der Waals surface area (Å²) < 4.78 is 26.8. The zero-order chi connectivity index (χ0) is 19.2. The highest BCUT2D eigenvalue weighted by Crippen LogP contribution is 2.16. The second kappa shape index (κ2) is 8.37. The lowest BCUT2D eigenvalue weighted by Gasteiger charge is -2.11. The fourth-order valence-corrected chi connectivity index (χ4v) is 2.58. The lowest BCUT2D eigenvalue weighted by Crippen LogP contribution is -2.19. The highest BCUT2D eigenvalue weighted by molar-refractivity contribution is 7.80. The Hall–Kier alpha value is -3.32. The predicted molar refractivity (Wildman–Crippen MR) is 107 cm³/mol. The van der Waals surface area contributed by atoms with E-state index in [1.54, 1.807) is 42.5 Å². The van der Waals surface area contributed by atoms with Gasteiger partial charge >= 0.3 is 0 Å². The first-order chi connectivity index (χ1) is 13.0. The van der Waals surface area contributed by atoms with E-state index in [-0.39, 0.29) is 11.4 Å². The van der Waals surface area contributed by atoms with E-state index in [1.807, 2.05) is 0 Å². The summed E-state index contributed by atoms with van der Waals surface area (Å²) in [5, 5.41) is 8.75. The van der Waals surface area contributed by atoms with Crippen molar-refractivity contribution < 1.29 is 13.6 Å². The summed E-state index contributed by atoms with van der Waals surface area (Å²) in [5.74, 6) is -1.48. The van der Waals surface area contributed by atoms with Crippen molar-refractivity contribution >= 4 is 40.3 Å². The SMILES string of the molecule is O=C(Nc1ccc(NC(=S)Nc2cccc(F)c2)cc1)c1ccccc1F. The molecule has 0 aliphatic rings. The first-order valence-corrected chi connectivity index (χ1v) is 8.41. The molecule has 0 heterocycles. The Balaban J connectivity index is 1.59. The largest absolute Gasteiger partial charge is 0.332 e. The Kier molecular flexibility index (Phi) is 5.73. The van der Waals surface area contributed by atoms with Crippen molar-refractivity contribution in [1.82, 2.24) is 0 Å². The number of hydrogen-bond acceptors (Lipinski definition) is 2. The van der Waals surface area contributed by atoms with E-state index in [2.05, 4.69) is 16.0 Å². The topological polar surface area (TPSA) is 53.2 Å². The minimum atomic E-state index is -0.581. The van der Waals surface area contributed by atoms with Crippen LogP contribution in [0.3, 0.4) is 0 Å². The predicted octanol–water partition coefficient (Wildman–Crippen LogP) is 5.03. The fraction of sp³-hybridized carbons (Fsp3) is 0. The monoisotopic (exact) mass is 383 g/mol. The molecule has 0 saturated carbocycles. The number of halogens is 2. The molecule has 0 bridgehead atoms. The molecule has 0 atom stereocenters. The number of benzene rings is 3. The van der Waals surface area contributed by atoms with Gasteiger partial charge in [-0.3, -0.25) is 4.79 Å². The fourth-order valence-electron chi connectivity index (χ4n) is 2.34. The van der Waals surface area contributed by atoms with E-state index in [1.165, 1.54) is 30.3 Å². The number of carbonyl (C=O) groups is 1. The van der Waals surface area contributed by atoms with Crippen LogP contribution < -0.4 is 16.0 Å². The van der Waals surface area contributed by atoms with Crippen molar-refractivity contribution in [3.63, 3.8) is 0 Å². The van der Waals surface area contributed by atoms with Crippen LogP contribution in [0.25, 0.3) is 0 Å². The van der Waals surface area contributed by atoms with Gasteiger partial charge in [0, 0.05) is 17.1 Å². The molecule has 0 aliphatic carbocycles. The molecular formula is C20H15F2N3OS. The standard InChI is InChI=1S/C20H15F2N3OS/c21-13-4-3-5-16(12-13)25-20(27)24-15-10-8-14(9-11-15)23-19(26)17-6-1-2-7-18(17)22/h1-12H,(H,23,26)(H2,24,25,27). The van der Waals surface area contributed by atoms with Gasteiger partial charge in [0.25, 0.3) is 5.91 Å². The second-order valence-corrected chi connectivity index (χ2v) is 6.01. The average molecular weight is 383 g/mol. The van der Waals surface area contributed by atoms with Crippen LogP contribution in [0.4, 0.5) is 25.8 Å². The van der Waals surface area contributed by atoms with Crippen LogP contribution in [-0.2, 0) is 0 Å². The Bertz CT molecular complexity index is 977. The van der Waals surface area contributed by atoms with E-state index in [0.717, 1.165) is 0 Å². The van der Waals surface area contributed by atoms with Crippen molar-refractivity contribution in [2.75, 3.05) is 16.0 Å². The molecule has 0 aliphatic heterocycles. The second-order valence-electron chi connectivity index (χ2n) is 5.60. The summed E-state index contributed by atoms with van der Waals surface area (Å²) in [5.41, 5.74) is 1.69. The Labute approximate surface area is 160 Å². The van der Waals surface area contributed by atoms with E-state index in [4.69, 9.17) is 12.2 Å². The Morgan fingerprint density at radius 3 is 2.04 bits per heavy atom. The van der Waals surface area contributed by atoms with Gasteiger partial charge in [-0.2, -0.15) is 0 Å². The molecule has 0 saturated heterocycles. The number of nitrogens with one attached hydrogen (secondary N) is 3. The summed E-state index contributed by atoms with van der Waals surface area (Å²) in [6.45, 7) is 0. The molecule has 4 nitrogen and oxygen atoms in total. The molecule has 3 aromatic carbocycles. The maximum Gasteiger partial charge on any atom is 0.258 e. The van der Waals surface area contributed by atoms with E-state index >= 15 is 0 Å². The minimum Gasteiger partial charge on any atom is -0.332 e. The van der Waals surface area contributed by atoms with E-state index < -0.39 is 11.7 Å². The summed E-state index contributed by atoms with van der Waals surface area (Å²) in [6.07, 6.45) is 0. The molecule has 0 unspecified atom stereocenters. The normalized spacial score (nSPS) is 10.1. The molecule has 1 amide bonds. The smallest absolute Gasteiger partial charge is 0.258 e. The molecule has 27 heavy (non-hydrogen) atoms. The Morgan fingerprint density at radius 2 is 1.37 bits per heavy atom. The molecule has 0 radical (unpaired) electrons. The van der Waals surface area contributed by atoms with Gasteiger partial charge in [0.15, 0.2) is 5.11 Å². The lowest BCUT2D eigenvalue weighted by molar-refractivity contribution is 0.102.